The van der Waals surface area contributed by atoms with E-state index in [1.807, 2.05) is 0 Å². The highest BCUT2D eigenvalue weighted by Crippen LogP contribution is 2.33. The predicted octanol–water partition coefficient (Wildman–Crippen LogP) is 5.63. The number of nitrogens with zero attached hydrogens (tertiary/aromatic N) is 2. The normalized spacial score (nSPS) is 21.2. The summed E-state index contributed by atoms with van der Waals surface area (Å²) in [6.07, 6.45) is 11.9. The highest BCUT2D eigenvalue weighted by molar-refractivity contribution is 5.77. The quantitative estimate of drug-likeness (QED) is 0.476. The Kier molecular flexibility index (Phi) is 9.48. The van der Waals surface area contributed by atoms with Crippen molar-refractivity contribution >= 4 is 5.91 Å². The lowest BCUT2D eigenvalue weighted by atomic mass is 9.85. The Balaban J connectivity index is 2.63. The molecule has 0 bridgehead atoms. The van der Waals surface area contributed by atoms with Gasteiger partial charge in [0.1, 0.15) is 0 Å². The predicted molar refractivity (Wildman–Crippen MR) is 109 cm³/mol. The molecule has 3 heteroatoms. The Morgan fingerprint density at radius 3 is 2.04 bits per heavy atom. The van der Waals surface area contributed by atoms with Gasteiger partial charge < -0.3 is 4.90 Å². The molecule has 1 fully saturated rings. The highest BCUT2D eigenvalue weighted by atomic mass is 16.2. The largest absolute Gasteiger partial charge is 0.343 e. The maximum absolute atomic E-state index is 12.9. The first-order chi connectivity index (χ1) is 11.7. The zero-order chi connectivity index (χ0) is 18.9. The van der Waals surface area contributed by atoms with Crippen molar-refractivity contribution in [2.45, 2.75) is 117 Å². The molecular weight excluding hydrogens is 308 g/mol. The fourth-order valence-electron chi connectivity index (χ4n) is 4.31. The van der Waals surface area contributed by atoms with Gasteiger partial charge in [0.25, 0.3) is 0 Å². The number of hydrogen-bond donors (Lipinski definition) is 0. The molecule has 0 unspecified atom stereocenters. The second kappa shape index (κ2) is 10.5. The van der Waals surface area contributed by atoms with E-state index in [2.05, 4.69) is 51.3 Å². The minimum absolute atomic E-state index is 0.0600. The van der Waals surface area contributed by atoms with Crippen LogP contribution in [0.1, 0.15) is 106 Å². The summed E-state index contributed by atoms with van der Waals surface area (Å²) in [6.45, 7) is 16.7. The van der Waals surface area contributed by atoms with Crippen LogP contribution in [-0.2, 0) is 4.79 Å². The van der Waals surface area contributed by atoms with E-state index in [1.54, 1.807) is 0 Å². The number of carbonyl (C=O) groups excluding carboxylic acids is 1. The first kappa shape index (κ1) is 22.5. The Labute approximate surface area is 157 Å². The summed E-state index contributed by atoms with van der Waals surface area (Å²) < 4.78 is 0. The third kappa shape index (κ3) is 7.29. The van der Waals surface area contributed by atoms with Crippen molar-refractivity contribution in [2.75, 3.05) is 19.6 Å². The van der Waals surface area contributed by atoms with Gasteiger partial charge in [0.05, 0.1) is 0 Å². The van der Waals surface area contributed by atoms with Gasteiger partial charge in [-0.1, -0.05) is 52.4 Å². The zero-order valence-corrected chi connectivity index (χ0v) is 18.0. The maximum Gasteiger partial charge on any atom is 0.224 e. The molecular formula is C22H44N2O. The van der Waals surface area contributed by atoms with Crippen molar-refractivity contribution in [2.24, 2.45) is 0 Å². The average molecular weight is 353 g/mol. The number of amides is 1. The van der Waals surface area contributed by atoms with Gasteiger partial charge in [-0.05, 0) is 53.5 Å². The van der Waals surface area contributed by atoms with Crippen LogP contribution in [0, 0.1) is 0 Å². The molecule has 0 spiro atoms. The fraction of sp³-hybridized carbons (Fsp3) is 0.955. The monoisotopic (exact) mass is 352 g/mol. The molecule has 0 aromatic heterocycles. The van der Waals surface area contributed by atoms with Gasteiger partial charge in [0.15, 0.2) is 0 Å². The van der Waals surface area contributed by atoms with Gasteiger partial charge in [0, 0.05) is 30.6 Å². The fourth-order valence-corrected chi connectivity index (χ4v) is 4.31. The van der Waals surface area contributed by atoms with E-state index in [-0.39, 0.29) is 11.1 Å². The summed E-state index contributed by atoms with van der Waals surface area (Å²) >= 11 is 0. The van der Waals surface area contributed by atoms with E-state index in [1.165, 1.54) is 44.9 Å². The first-order valence-electron chi connectivity index (χ1n) is 10.8. The van der Waals surface area contributed by atoms with Gasteiger partial charge in [-0.15, -0.1) is 0 Å². The molecule has 1 aliphatic heterocycles. The van der Waals surface area contributed by atoms with Gasteiger partial charge in [0.2, 0.25) is 5.91 Å². The van der Waals surface area contributed by atoms with Gasteiger partial charge in [-0.2, -0.15) is 0 Å². The Hall–Kier alpha value is -0.570. The van der Waals surface area contributed by atoms with Crippen LogP contribution < -0.4 is 0 Å². The molecule has 1 heterocycles. The number of unbranched alkanes of at least 4 members (excludes halogenated alkanes) is 6. The molecule has 25 heavy (non-hydrogen) atoms. The SMILES string of the molecule is CCCCCCCCN1CCC(C)(C)N(CCCC)C(C)(C)CC1=O. The molecule has 1 aliphatic rings. The molecule has 3 nitrogen and oxygen atoms in total. The molecule has 0 saturated carbocycles. The molecule has 0 aromatic carbocycles. The number of rotatable bonds is 10. The van der Waals surface area contributed by atoms with E-state index < -0.39 is 0 Å². The topological polar surface area (TPSA) is 23.6 Å². The summed E-state index contributed by atoms with van der Waals surface area (Å²) in [6, 6.07) is 0. The van der Waals surface area contributed by atoms with E-state index >= 15 is 0 Å². The molecule has 1 saturated heterocycles. The van der Waals surface area contributed by atoms with Crippen LogP contribution in [0.25, 0.3) is 0 Å². The van der Waals surface area contributed by atoms with E-state index in [9.17, 15) is 4.79 Å². The maximum atomic E-state index is 12.9. The van der Waals surface area contributed by atoms with Crippen molar-refractivity contribution in [3.63, 3.8) is 0 Å². The Morgan fingerprint density at radius 1 is 0.800 bits per heavy atom. The van der Waals surface area contributed by atoms with Gasteiger partial charge in [-0.3, -0.25) is 9.69 Å². The van der Waals surface area contributed by atoms with Crippen molar-refractivity contribution in [3.05, 3.63) is 0 Å². The van der Waals surface area contributed by atoms with Crippen LogP contribution in [-0.4, -0.2) is 46.4 Å². The second-order valence-corrected chi connectivity index (χ2v) is 9.21. The minimum atomic E-state index is -0.0600. The first-order valence-corrected chi connectivity index (χ1v) is 10.8. The van der Waals surface area contributed by atoms with Crippen LogP contribution in [0.5, 0.6) is 0 Å². The average Bonchev–Trinajstić information content (AvgIpc) is 2.51. The van der Waals surface area contributed by atoms with Crippen molar-refractivity contribution in [1.29, 1.82) is 0 Å². The second-order valence-electron chi connectivity index (χ2n) is 9.21. The van der Waals surface area contributed by atoms with Crippen LogP contribution in [0.3, 0.4) is 0 Å². The molecule has 0 atom stereocenters. The molecule has 148 valence electrons. The van der Waals surface area contributed by atoms with Crippen LogP contribution in [0.15, 0.2) is 0 Å². The van der Waals surface area contributed by atoms with Gasteiger partial charge in [-0.25, -0.2) is 0 Å². The van der Waals surface area contributed by atoms with Crippen LogP contribution >= 0.6 is 0 Å². The summed E-state index contributed by atoms with van der Waals surface area (Å²) in [5.74, 6) is 0.357. The highest BCUT2D eigenvalue weighted by Gasteiger charge is 2.41. The van der Waals surface area contributed by atoms with E-state index in [0.717, 1.165) is 32.5 Å². The zero-order valence-electron chi connectivity index (χ0n) is 18.0. The van der Waals surface area contributed by atoms with E-state index in [0.29, 0.717) is 12.3 Å². The van der Waals surface area contributed by atoms with Gasteiger partial charge >= 0.3 is 0 Å². The number of hydrogen-bond acceptors (Lipinski definition) is 2. The minimum Gasteiger partial charge on any atom is -0.343 e. The summed E-state index contributed by atoms with van der Waals surface area (Å²) in [5, 5.41) is 0. The summed E-state index contributed by atoms with van der Waals surface area (Å²) in [4.78, 5) is 17.6. The van der Waals surface area contributed by atoms with Crippen LogP contribution in [0.2, 0.25) is 0 Å². The summed E-state index contributed by atoms with van der Waals surface area (Å²) in [7, 11) is 0. The standard InChI is InChI=1S/C22H44N2O/c1-7-9-11-12-13-14-16-23-18-15-21(3,4)24(17-10-8-2)22(5,6)19-20(23)25/h7-19H2,1-6H3. The molecule has 1 amide bonds. The molecule has 0 N–H and O–H groups in total. The lowest BCUT2D eigenvalue weighted by Crippen LogP contribution is -2.60. The number of carbonyl (C=O) groups is 1. The van der Waals surface area contributed by atoms with Crippen molar-refractivity contribution in [3.8, 4) is 0 Å². The summed E-state index contributed by atoms with van der Waals surface area (Å²) in [5.41, 5.74) is 0.0916. The third-order valence-electron chi connectivity index (χ3n) is 5.91. The Morgan fingerprint density at radius 2 is 1.40 bits per heavy atom. The van der Waals surface area contributed by atoms with Crippen molar-refractivity contribution < 1.29 is 4.79 Å². The molecule has 0 radical (unpaired) electrons. The lowest BCUT2D eigenvalue weighted by molar-refractivity contribution is -0.138. The smallest absolute Gasteiger partial charge is 0.224 e. The Bertz CT molecular complexity index is 389. The molecule has 0 aromatic rings. The lowest BCUT2D eigenvalue weighted by Gasteiger charge is -2.51. The van der Waals surface area contributed by atoms with Crippen molar-refractivity contribution in [1.82, 2.24) is 9.80 Å². The van der Waals surface area contributed by atoms with E-state index in [4.69, 9.17) is 0 Å². The third-order valence-corrected chi connectivity index (χ3v) is 5.91. The molecule has 1 rings (SSSR count). The molecule has 0 aliphatic carbocycles. The van der Waals surface area contributed by atoms with Crippen LogP contribution in [0.4, 0.5) is 0 Å².